The molecular weight excluding hydrogens is 174 g/mol. The maximum absolute atomic E-state index is 6.05. The van der Waals surface area contributed by atoms with Gasteiger partial charge in [0.15, 0.2) is 0 Å². The molecule has 1 saturated carbocycles. The Morgan fingerprint density at radius 2 is 1.86 bits per heavy atom. The minimum atomic E-state index is 0.412. The van der Waals surface area contributed by atoms with Gasteiger partial charge in [-0.1, -0.05) is 6.42 Å². The minimum Gasteiger partial charge on any atom is -0.326 e. The number of piperidine rings is 1. The molecular formula is C11H23N3. The molecule has 0 aromatic carbocycles. The number of rotatable bonds is 2. The predicted octanol–water partition coefficient (Wildman–Crippen LogP) is 0.550. The number of nitrogens with zero attached hydrogens (tertiary/aromatic N) is 1. The van der Waals surface area contributed by atoms with Crippen molar-refractivity contribution in [2.24, 2.45) is 5.73 Å². The highest BCUT2D eigenvalue weighted by molar-refractivity contribution is 4.89. The molecule has 2 unspecified atom stereocenters. The quantitative estimate of drug-likeness (QED) is 0.679. The summed E-state index contributed by atoms with van der Waals surface area (Å²) in [6.45, 7) is 2.47. The van der Waals surface area contributed by atoms with E-state index in [-0.39, 0.29) is 0 Å². The fraction of sp³-hybridized carbons (Fsp3) is 1.00. The summed E-state index contributed by atoms with van der Waals surface area (Å²) in [6, 6.07) is 1.73. The maximum Gasteiger partial charge on any atom is 0.0221 e. The molecule has 1 aliphatic carbocycles. The summed E-state index contributed by atoms with van der Waals surface area (Å²) >= 11 is 0. The van der Waals surface area contributed by atoms with Crippen LogP contribution in [0.1, 0.15) is 32.1 Å². The molecule has 3 nitrogen and oxygen atoms in total. The second kappa shape index (κ2) is 4.60. The summed E-state index contributed by atoms with van der Waals surface area (Å²) < 4.78 is 0. The van der Waals surface area contributed by atoms with Crippen LogP contribution in [-0.2, 0) is 0 Å². The van der Waals surface area contributed by atoms with Gasteiger partial charge in [0.05, 0.1) is 0 Å². The smallest absolute Gasteiger partial charge is 0.0221 e. The summed E-state index contributed by atoms with van der Waals surface area (Å²) in [5, 5.41) is 3.74. The number of nitrogens with two attached hydrogens (primary N) is 1. The van der Waals surface area contributed by atoms with Gasteiger partial charge in [-0.3, -0.25) is 0 Å². The monoisotopic (exact) mass is 197 g/mol. The second-order valence-electron chi connectivity index (χ2n) is 4.95. The van der Waals surface area contributed by atoms with Crippen molar-refractivity contribution in [3.63, 3.8) is 0 Å². The summed E-state index contributed by atoms with van der Waals surface area (Å²) in [4.78, 5) is 2.41. The van der Waals surface area contributed by atoms with Crippen molar-refractivity contribution in [2.75, 3.05) is 20.1 Å². The van der Waals surface area contributed by atoms with Crippen molar-refractivity contribution in [1.29, 1.82) is 0 Å². The fourth-order valence-corrected chi connectivity index (χ4v) is 2.67. The molecule has 0 radical (unpaired) electrons. The highest BCUT2D eigenvalue weighted by Crippen LogP contribution is 2.19. The zero-order valence-electron chi connectivity index (χ0n) is 9.21. The van der Waals surface area contributed by atoms with Crippen LogP contribution in [0.15, 0.2) is 0 Å². The lowest BCUT2D eigenvalue weighted by atomic mass is 10.0. The van der Waals surface area contributed by atoms with Crippen LogP contribution in [-0.4, -0.2) is 43.2 Å². The zero-order valence-corrected chi connectivity index (χ0v) is 9.21. The van der Waals surface area contributed by atoms with E-state index in [9.17, 15) is 0 Å². The van der Waals surface area contributed by atoms with Crippen LogP contribution in [0, 0.1) is 0 Å². The first-order chi connectivity index (χ1) is 6.75. The third kappa shape index (κ3) is 2.47. The first-order valence-corrected chi connectivity index (χ1v) is 5.96. The largest absolute Gasteiger partial charge is 0.326 e. The molecule has 14 heavy (non-hydrogen) atoms. The van der Waals surface area contributed by atoms with Gasteiger partial charge in [0.25, 0.3) is 0 Å². The number of hydrogen-bond donors (Lipinski definition) is 2. The first kappa shape index (κ1) is 10.4. The van der Waals surface area contributed by atoms with Crippen molar-refractivity contribution in [1.82, 2.24) is 10.2 Å². The van der Waals surface area contributed by atoms with E-state index in [1.54, 1.807) is 0 Å². The number of nitrogens with one attached hydrogen (secondary N) is 1. The van der Waals surface area contributed by atoms with Crippen LogP contribution in [0.25, 0.3) is 0 Å². The van der Waals surface area contributed by atoms with Crippen molar-refractivity contribution in [3.05, 3.63) is 0 Å². The van der Waals surface area contributed by atoms with Gasteiger partial charge in [-0.2, -0.15) is 0 Å². The molecule has 3 N–H and O–H groups in total. The summed E-state index contributed by atoms with van der Waals surface area (Å²) in [5.74, 6) is 0. The third-order valence-electron chi connectivity index (χ3n) is 3.74. The molecule has 3 heteroatoms. The van der Waals surface area contributed by atoms with E-state index in [0.29, 0.717) is 12.1 Å². The van der Waals surface area contributed by atoms with Crippen LogP contribution in [0.4, 0.5) is 0 Å². The van der Waals surface area contributed by atoms with Crippen LogP contribution < -0.4 is 11.1 Å². The van der Waals surface area contributed by atoms with Crippen LogP contribution in [0.5, 0.6) is 0 Å². The van der Waals surface area contributed by atoms with E-state index in [4.69, 9.17) is 5.73 Å². The van der Waals surface area contributed by atoms with Crippen molar-refractivity contribution < 1.29 is 0 Å². The average Bonchev–Trinajstić information content (AvgIpc) is 2.56. The number of hydrogen-bond acceptors (Lipinski definition) is 3. The molecule has 0 aromatic rings. The van der Waals surface area contributed by atoms with Gasteiger partial charge < -0.3 is 16.0 Å². The predicted molar refractivity (Wildman–Crippen MR) is 59.3 cm³/mol. The maximum atomic E-state index is 6.05. The molecule has 2 rings (SSSR count). The Hall–Kier alpha value is -0.120. The van der Waals surface area contributed by atoms with Gasteiger partial charge >= 0.3 is 0 Å². The Labute approximate surface area is 87.0 Å². The molecule has 2 atom stereocenters. The van der Waals surface area contributed by atoms with Gasteiger partial charge in [0.1, 0.15) is 0 Å². The molecule has 0 aromatic heterocycles. The molecule has 82 valence electrons. The van der Waals surface area contributed by atoms with Crippen LogP contribution >= 0.6 is 0 Å². The number of likely N-dealkylation sites (tertiary alicyclic amines) is 1. The van der Waals surface area contributed by atoms with E-state index in [0.717, 1.165) is 6.04 Å². The summed E-state index contributed by atoms with van der Waals surface area (Å²) in [5.41, 5.74) is 6.05. The normalized spacial score (nSPS) is 36.4. The van der Waals surface area contributed by atoms with E-state index in [1.165, 1.54) is 45.2 Å². The Morgan fingerprint density at radius 1 is 1.14 bits per heavy atom. The standard InChI is InChI=1S/C11H23N3/c1-14-7-5-9(6-8-14)13-11-4-2-3-10(11)12/h9-11,13H,2-8,12H2,1H3. The highest BCUT2D eigenvalue weighted by Gasteiger charge is 2.27. The lowest BCUT2D eigenvalue weighted by Gasteiger charge is -2.32. The van der Waals surface area contributed by atoms with Gasteiger partial charge in [-0.25, -0.2) is 0 Å². The first-order valence-electron chi connectivity index (χ1n) is 5.96. The van der Waals surface area contributed by atoms with Crippen LogP contribution in [0.3, 0.4) is 0 Å². The van der Waals surface area contributed by atoms with Crippen molar-refractivity contribution in [2.45, 2.75) is 50.2 Å². The summed E-state index contributed by atoms with van der Waals surface area (Å²) in [7, 11) is 2.21. The molecule has 2 fully saturated rings. The Morgan fingerprint density at radius 3 is 2.43 bits per heavy atom. The van der Waals surface area contributed by atoms with E-state index in [2.05, 4.69) is 17.3 Å². The molecule has 0 amide bonds. The van der Waals surface area contributed by atoms with Gasteiger partial charge in [-0.15, -0.1) is 0 Å². The SMILES string of the molecule is CN1CCC(NC2CCCC2N)CC1. The molecule has 0 spiro atoms. The average molecular weight is 197 g/mol. The van der Waals surface area contributed by atoms with Crippen molar-refractivity contribution >= 4 is 0 Å². The Balaban J connectivity index is 1.74. The van der Waals surface area contributed by atoms with Gasteiger partial charge in [0, 0.05) is 18.1 Å². The molecule has 1 heterocycles. The third-order valence-corrected chi connectivity index (χ3v) is 3.74. The van der Waals surface area contributed by atoms with Crippen molar-refractivity contribution in [3.8, 4) is 0 Å². The van der Waals surface area contributed by atoms with Gasteiger partial charge in [-0.05, 0) is 45.8 Å². The molecule has 1 aliphatic heterocycles. The lowest BCUT2D eigenvalue weighted by molar-refractivity contribution is 0.221. The molecule has 0 bridgehead atoms. The summed E-state index contributed by atoms with van der Waals surface area (Å²) in [6.07, 6.45) is 6.39. The highest BCUT2D eigenvalue weighted by atomic mass is 15.1. The Bertz CT molecular complexity index is 175. The fourth-order valence-electron chi connectivity index (χ4n) is 2.67. The zero-order chi connectivity index (χ0) is 9.97. The van der Waals surface area contributed by atoms with Crippen LogP contribution in [0.2, 0.25) is 0 Å². The van der Waals surface area contributed by atoms with Gasteiger partial charge in [0.2, 0.25) is 0 Å². The molecule has 1 saturated heterocycles. The second-order valence-corrected chi connectivity index (χ2v) is 4.95. The lowest BCUT2D eigenvalue weighted by Crippen LogP contribution is -2.49. The van der Waals surface area contributed by atoms with E-state index < -0.39 is 0 Å². The topological polar surface area (TPSA) is 41.3 Å². The Kier molecular flexibility index (Phi) is 3.42. The van der Waals surface area contributed by atoms with E-state index in [1.807, 2.05) is 0 Å². The molecule has 2 aliphatic rings. The minimum absolute atomic E-state index is 0.412. The van der Waals surface area contributed by atoms with E-state index >= 15 is 0 Å².